The van der Waals surface area contributed by atoms with Gasteiger partial charge in [-0.25, -0.2) is 8.48 Å². The fourth-order valence-electron chi connectivity index (χ4n) is 4.85. The number of ether oxygens (including phenoxy) is 1. The minimum atomic E-state index is -1.13. The van der Waals surface area contributed by atoms with Crippen LogP contribution in [0.15, 0.2) is 48.9 Å². The minimum absolute atomic E-state index is 0.0300. The van der Waals surface area contributed by atoms with Crippen LogP contribution in [-0.4, -0.2) is 62.6 Å². The summed E-state index contributed by atoms with van der Waals surface area (Å²) in [5.41, 5.74) is 1.36. The molecule has 3 heterocycles. The molecule has 0 radical (unpaired) electrons. The van der Waals surface area contributed by atoms with Crippen molar-refractivity contribution in [3.8, 4) is 5.75 Å². The molecule has 4 rings (SSSR count). The van der Waals surface area contributed by atoms with Gasteiger partial charge >= 0.3 is 5.97 Å². The van der Waals surface area contributed by atoms with Crippen molar-refractivity contribution in [2.24, 2.45) is 11.8 Å². The maximum Gasteiger partial charge on any atom is 0.303 e. The molecule has 1 saturated heterocycles. The molecule has 0 bridgehead atoms. The van der Waals surface area contributed by atoms with E-state index in [-0.39, 0.29) is 18.3 Å². The van der Waals surface area contributed by atoms with Gasteiger partial charge in [-0.2, -0.15) is 5.10 Å². The van der Waals surface area contributed by atoms with Crippen molar-refractivity contribution >= 4 is 28.8 Å². The number of rotatable bonds is 11. The van der Waals surface area contributed by atoms with Gasteiger partial charge in [0.25, 0.3) is 0 Å². The molecule has 182 valence electrons. The summed E-state index contributed by atoms with van der Waals surface area (Å²) >= 11 is 1.64. The van der Waals surface area contributed by atoms with Crippen molar-refractivity contribution < 1.29 is 19.0 Å². The van der Waals surface area contributed by atoms with Crippen LogP contribution in [0.1, 0.15) is 37.4 Å². The summed E-state index contributed by atoms with van der Waals surface area (Å²) in [6.45, 7) is 2.53. The first-order chi connectivity index (χ1) is 16.5. The van der Waals surface area contributed by atoms with Crippen LogP contribution in [0.2, 0.25) is 0 Å². The lowest BCUT2D eigenvalue weighted by molar-refractivity contribution is -0.139. The van der Waals surface area contributed by atoms with Crippen molar-refractivity contribution in [2.45, 2.75) is 31.9 Å². The quantitative estimate of drug-likeness (QED) is 0.415. The third kappa shape index (κ3) is 6.27. The van der Waals surface area contributed by atoms with Crippen molar-refractivity contribution in [1.82, 2.24) is 19.1 Å². The largest absolute Gasteiger partial charge is 0.497 e. The fraction of sp³-hybridized carbons (Fsp3) is 0.480. The first-order valence-electron chi connectivity index (χ1n) is 11.7. The van der Waals surface area contributed by atoms with Crippen molar-refractivity contribution in [2.75, 3.05) is 32.5 Å². The zero-order chi connectivity index (χ0) is 23.9. The number of nitrogens with zero attached hydrogens (tertiary/aromatic N) is 4. The molecule has 1 aromatic carbocycles. The number of hydrogen-bond acceptors (Lipinski definition) is 6. The Morgan fingerprint density at radius 1 is 1.32 bits per heavy atom. The van der Waals surface area contributed by atoms with Gasteiger partial charge in [-0.1, -0.05) is 0 Å². The third-order valence-corrected chi connectivity index (χ3v) is 7.48. The normalized spacial score (nSPS) is 19.8. The lowest BCUT2D eigenvalue weighted by Gasteiger charge is -2.38. The summed E-state index contributed by atoms with van der Waals surface area (Å²) < 4.78 is 22.6. The summed E-state index contributed by atoms with van der Waals surface area (Å²) in [5, 5.41) is 14.4. The number of methoxy groups -OCH3 is 1. The molecule has 2 aromatic heterocycles. The number of benzene rings is 1. The van der Waals surface area contributed by atoms with E-state index in [1.54, 1.807) is 37.5 Å². The number of fused-ring (bicyclic) bond motifs is 1. The number of carboxylic acid groups (broad SMARTS) is 1. The van der Waals surface area contributed by atoms with E-state index in [0.29, 0.717) is 24.2 Å². The molecule has 1 unspecified atom stereocenters. The van der Waals surface area contributed by atoms with Gasteiger partial charge in [0.2, 0.25) is 0 Å². The van der Waals surface area contributed by atoms with Crippen molar-refractivity contribution in [3.05, 3.63) is 54.5 Å². The van der Waals surface area contributed by atoms with Crippen LogP contribution in [-0.2, 0) is 4.79 Å². The number of carboxylic acids is 1. The van der Waals surface area contributed by atoms with E-state index in [0.717, 1.165) is 42.7 Å². The highest BCUT2D eigenvalue weighted by Crippen LogP contribution is 2.36. The van der Waals surface area contributed by atoms with Crippen LogP contribution < -0.4 is 4.74 Å². The minimum Gasteiger partial charge on any atom is -0.497 e. The number of aliphatic carboxylic acids is 1. The van der Waals surface area contributed by atoms with Gasteiger partial charge in [-0.05, 0) is 85.5 Å². The Kier molecular flexibility index (Phi) is 8.39. The Bertz CT molecular complexity index is 1080. The number of piperidine rings is 1. The van der Waals surface area contributed by atoms with Gasteiger partial charge in [0.1, 0.15) is 11.9 Å². The van der Waals surface area contributed by atoms with E-state index < -0.39 is 12.1 Å². The van der Waals surface area contributed by atoms with E-state index in [4.69, 9.17) is 4.74 Å². The summed E-state index contributed by atoms with van der Waals surface area (Å²) in [6, 6.07) is 9.13. The number of pyridine rings is 1. The highest BCUT2D eigenvalue weighted by atomic mass is 32.2. The highest BCUT2D eigenvalue weighted by Gasteiger charge is 2.31. The van der Waals surface area contributed by atoms with Crippen LogP contribution >= 0.6 is 11.9 Å². The smallest absolute Gasteiger partial charge is 0.303 e. The highest BCUT2D eigenvalue weighted by molar-refractivity contribution is 7.97. The number of alkyl halides is 1. The van der Waals surface area contributed by atoms with Crippen molar-refractivity contribution in [1.29, 1.82) is 0 Å². The average Bonchev–Trinajstić information content (AvgIpc) is 3.36. The maximum atomic E-state index is 15.4. The lowest BCUT2D eigenvalue weighted by atomic mass is 9.79. The SMILES string of the molecule is COc1ccc2nccc(C(F)CC[C@@H]3CCN(CCSn4cccn4)C[C@@H]3CC(=O)O)c2c1. The van der Waals surface area contributed by atoms with Crippen LogP contribution in [0.4, 0.5) is 4.39 Å². The summed E-state index contributed by atoms with van der Waals surface area (Å²) in [7, 11) is 1.59. The molecule has 1 fully saturated rings. The Balaban J connectivity index is 1.35. The zero-order valence-electron chi connectivity index (χ0n) is 19.3. The van der Waals surface area contributed by atoms with Crippen LogP contribution in [0, 0.1) is 11.8 Å². The Morgan fingerprint density at radius 3 is 2.97 bits per heavy atom. The number of likely N-dealkylation sites (tertiary alicyclic amines) is 1. The lowest BCUT2D eigenvalue weighted by Crippen LogP contribution is -2.42. The second kappa shape index (κ2) is 11.7. The summed E-state index contributed by atoms with van der Waals surface area (Å²) in [4.78, 5) is 18.2. The molecule has 0 aliphatic carbocycles. The third-order valence-electron chi connectivity index (χ3n) is 6.63. The van der Waals surface area contributed by atoms with E-state index in [9.17, 15) is 9.90 Å². The van der Waals surface area contributed by atoms with E-state index in [1.807, 2.05) is 34.5 Å². The first kappa shape index (κ1) is 24.5. The second-order valence-corrected chi connectivity index (χ2v) is 9.82. The zero-order valence-corrected chi connectivity index (χ0v) is 20.2. The molecular weight excluding hydrogens is 455 g/mol. The Hall–Kier alpha value is -2.65. The van der Waals surface area contributed by atoms with Crippen molar-refractivity contribution in [3.63, 3.8) is 0 Å². The van der Waals surface area contributed by atoms with Gasteiger partial charge in [0.15, 0.2) is 0 Å². The van der Waals surface area contributed by atoms with Crippen LogP contribution in [0.25, 0.3) is 10.9 Å². The van der Waals surface area contributed by atoms with E-state index in [1.165, 1.54) is 0 Å². The van der Waals surface area contributed by atoms with Gasteiger partial charge in [-0.15, -0.1) is 0 Å². The van der Waals surface area contributed by atoms with E-state index >= 15 is 4.39 Å². The second-order valence-electron chi connectivity index (χ2n) is 8.78. The topological polar surface area (TPSA) is 80.5 Å². The average molecular weight is 487 g/mol. The Morgan fingerprint density at radius 2 is 2.21 bits per heavy atom. The molecule has 7 nitrogen and oxygen atoms in total. The monoisotopic (exact) mass is 486 g/mol. The first-order valence-corrected chi connectivity index (χ1v) is 12.6. The number of carbonyl (C=O) groups is 1. The number of aromatic nitrogens is 3. The molecule has 3 aromatic rings. The van der Waals surface area contributed by atoms with Gasteiger partial charge in [0.05, 0.1) is 12.6 Å². The van der Waals surface area contributed by atoms with Crippen LogP contribution in [0.5, 0.6) is 5.75 Å². The summed E-state index contributed by atoms with van der Waals surface area (Å²) in [6.07, 6.45) is 6.23. The van der Waals surface area contributed by atoms with Gasteiger partial charge in [0, 0.05) is 49.2 Å². The predicted octanol–water partition coefficient (Wildman–Crippen LogP) is 4.84. The molecule has 0 amide bonds. The standard InChI is InChI=1S/C25H31FN4O3S/c1-33-20-4-6-24-22(16-20)21(7-10-27-24)23(26)5-3-18-8-12-29(17-19(18)15-25(31)32)13-14-34-30-11-2-9-28-30/h2,4,6-7,9-11,16,18-19,23H,3,5,8,12-15,17H2,1H3,(H,31,32)/t18-,19+,23?/m1/s1. The van der Waals surface area contributed by atoms with Crippen LogP contribution in [0.3, 0.4) is 0 Å². The predicted molar refractivity (Wildman–Crippen MR) is 132 cm³/mol. The molecule has 0 saturated carbocycles. The fourth-order valence-corrected chi connectivity index (χ4v) is 5.66. The number of halogens is 1. The van der Waals surface area contributed by atoms with Gasteiger partial charge in [-0.3, -0.25) is 9.78 Å². The molecule has 1 N–H and O–H groups in total. The molecule has 34 heavy (non-hydrogen) atoms. The molecule has 0 spiro atoms. The molecule has 9 heteroatoms. The van der Waals surface area contributed by atoms with E-state index in [2.05, 4.69) is 15.0 Å². The molecule has 3 atom stereocenters. The molecule has 1 aliphatic heterocycles. The molecule has 1 aliphatic rings. The summed E-state index contributed by atoms with van der Waals surface area (Å²) in [5.74, 6) is 1.01. The molecular formula is C25H31FN4O3S. The maximum absolute atomic E-state index is 15.4. The number of hydrogen-bond donors (Lipinski definition) is 1. The Labute approximate surface area is 203 Å². The van der Waals surface area contributed by atoms with Gasteiger partial charge < -0.3 is 14.7 Å².